The van der Waals surface area contributed by atoms with Crippen LogP contribution in [0.1, 0.15) is 15.8 Å². The molecule has 0 fully saturated rings. The largest absolute Gasteiger partial charge is 0.132 e. The molecular formula is C12H8BrCl3S. The molecular weight excluding hydrogens is 362 g/mol. The second kappa shape index (κ2) is 5.94. The minimum atomic E-state index is -0.0384. The van der Waals surface area contributed by atoms with Gasteiger partial charge < -0.3 is 0 Å². The molecule has 0 aliphatic heterocycles. The van der Waals surface area contributed by atoms with E-state index in [0.717, 1.165) is 20.6 Å². The van der Waals surface area contributed by atoms with Crippen molar-refractivity contribution in [3.63, 3.8) is 0 Å². The maximum absolute atomic E-state index is 6.36. The molecule has 0 amide bonds. The van der Waals surface area contributed by atoms with Crippen molar-refractivity contribution in [3.05, 3.63) is 54.6 Å². The zero-order valence-electron chi connectivity index (χ0n) is 8.59. The quantitative estimate of drug-likeness (QED) is 0.553. The summed E-state index contributed by atoms with van der Waals surface area (Å²) in [7, 11) is 0. The monoisotopic (exact) mass is 368 g/mol. The van der Waals surface area contributed by atoms with Crippen LogP contribution in [-0.2, 0) is 6.42 Å². The molecule has 90 valence electrons. The summed E-state index contributed by atoms with van der Waals surface area (Å²) < 4.78 is 1.09. The molecule has 0 nitrogen and oxygen atoms in total. The van der Waals surface area contributed by atoms with E-state index in [9.17, 15) is 0 Å². The van der Waals surface area contributed by atoms with Gasteiger partial charge in [0.15, 0.2) is 0 Å². The SMILES string of the molecule is Clc1ccc(CC(Cl)c2ccc(Br)s2)cc1Cl. The molecule has 5 heteroatoms. The van der Waals surface area contributed by atoms with Crippen LogP contribution in [0.15, 0.2) is 34.1 Å². The molecule has 2 rings (SSSR count). The van der Waals surface area contributed by atoms with Crippen molar-refractivity contribution in [3.8, 4) is 0 Å². The smallest absolute Gasteiger partial charge is 0.0719 e. The van der Waals surface area contributed by atoms with Gasteiger partial charge in [-0.25, -0.2) is 0 Å². The number of rotatable bonds is 3. The Morgan fingerprint density at radius 2 is 1.88 bits per heavy atom. The van der Waals surface area contributed by atoms with Gasteiger partial charge in [0.2, 0.25) is 0 Å². The van der Waals surface area contributed by atoms with E-state index in [-0.39, 0.29) is 5.38 Å². The number of halogens is 4. The summed E-state index contributed by atoms with van der Waals surface area (Å²) in [5, 5.41) is 1.10. The van der Waals surface area contributed by atoms with Crippen molar-refractivity contribution >= 4 is 62.1 Å². The standard InChI is InChI=1S/C12H8BrCl3S/c13-12-4-3-11(17-12)10(16)6-7-1-2-8(14)9(15)5-7/h1-5,10H,6H2. The Bertz CT molecular complexity index is 524. The van der Waals surface area contributed by atoms with Crippen LogP contribution >= 0.6 is 62.1 Å². The van der Waals surface area contributed by atoms with E-state index in [1.807, 2.05) is 24.3 Å². The summed E-state index contributed by atoms with van der Waals surface area (Å²) in [6.07, 6.45) is 0.741. The first-order valence-electron chi connectivity index (χ1n) is 4.89. The van der Waals surface area contributed by atoms with Gasteiger partial charge >= 0.3 is 0 Å². The van der Waals surface area contributed by atoms with Crippen molar-refractivity contribution in [2.24, 2.45) is 0 Å². The molecule has 0 N–H and O–H groups in total. The van der Waals surface area contributed by atoms with Gasteiger partial charge in [-0.05, 0) is 52.2 Å². The van der Waals surface area contributed by atoms with Gasteiger partial charge in [0, 0.05) is 4.88 Å². The summed E-state index contributed by atoms with van der Waals surface area (Å²) in [6.45, 7) is 0. The first-order chi connectivity index (χ1) is 8.06. The second-order valence-corrected chi connectivity index (χ2v) is 7.40. The zero-order valence-corrected chi connectivity index (χ0v) is 13.3. The van der Waals surface area contributed by atoms with E-state index >= 15 is 0 Å². The predicted octanol–water partition coefficient (Wildman–Crippen LogP) is 6.34. The Morgan fingerprint density at radius 1 is 1.12 bits per heavy atom. The fraction of sp³-hybridized carbons (Fsp3) is 0.167. The minimum Gasteiger partial charge on any atom is -0.132 e. The third-order valence-electron chi connectivity index (χ3n) is 2.30. The highest BCUT2D eigenvalue weighted by atomic mass is 79.9. The molecule has 2 aromatic rings. The van der Waals surface area contributed by atoms with Crippen molar-refractivity contribution in [1.82, 2.24) is 0 Å². The number of alkyl halides is 1. The Labute approximate surface area is 128 Å². The lowest BCUT2D eigenvalue weighted by molar-refractivity contribution is 0.940. The van der Waals surface area contributed by atoms with Gasteiger partial charge in [0.05, 0.1) is 19.2 Å². The van der Waals surface area contributed by atoms with Crippen LogP contribution in [-0.4, -0.2) is 0 Å². The van der Waals surface area contributed by atoms with Gasteiger partial charge in [-0.15, -0.1) is 22.9 Å². The Morgan fingerprint density at radius 3 is 2.47 bits per heavy atom. The maximum Gasteiger partial charge on any atom is 0.0719 e. The molecule has 1 atom stereocenters. The number of hydrogen-bond donors (Lipinski definition) is 0. The molecule has 1 aromatic heterocycles. The zero-order chi connectivity index (χ0) is 12.4. The van der Waals surface area contributed by atoms with Crippen LogP contribution in [0.4, 0.5) is 0 Å². The third-order valence-corrected chi connectivity index (χ3v) is 5.30. The highest BCUT2D eigenvalue weighted by Crippen LogP contribution is 2.34. The number of thiophene rings is 1. The van der Waals surface area contributed by atoms with Gasteiger partial charge in [0.1, 0.15) is 0 Å². The molecule has 0 bridgehead atoms. The summed E-state index contributed by atoms with van der Waals surface area (Å²) in [6, 6.07) is 9.65. The molecule has 0 radical (unpaired) electrons. The molecule has 0 saturated heterocycles. The molecule has 1 heterocycles. The highest BCUT2D eigenvalue weighted by Gasteiger charge is 2.12. The van der Waals surface area contributed by atoms with Crippen LogP contribution in [0.5, 0.6) is 0 Å². The van der Waals surface area contributed by atoms with Gasteiger partial charge in [0.25, 0.3) is 0 Å². The lowest BCUT2D eigenvalue weighted by atomic mass is 10.1. The van der Waals surface area contributed by atoms with Gasteiger partial charge in [-0.1, -0.05) is 29.3 Å². The van der Waals surface area contributed by atoms with Crippen LogP contribution in [0, 0.1) is 0 Å². The fourth-order valence-corrected chi connectivity index (χ4v) is 3.58. The van der Waals surface area contributed by atoms with Crippen molar-refractivity contribution < 1.29 is 0 Å². The summed E-state index contributed by atoms with van der Waals surface area (Å²) in [5.41, 5.74) is 1.09. The van der Waals surface area contributed by atoms with E-state index in [1.165, 1.54) is 0 Å². The third kappa shape index (κ3) is 3.62. The van der Waals surface area contributed by atoms with Crippen molar-refractivity contribution in [1.29, 1.82) is 0 Å². The lowest BCUT2D eigenvalue weighted by Crippen LogP contribution is -1.93. The van der Waals surface area contributed by atoms with E-state index in [0.29, 0.717) is 10.0 Å². The molecule has 17 heavy (non-hydrogen) atoms. The Balaban J connectivity index is 2.12. The number of benzene rings is 1. The van der Waals surface area contributed by atoms with Crippen LogP contribution in [0.3, 0.4) is 0 Å². The summed E-state index contributed by atoms with van der Waals surface area (Å²) in [4.78, 5) is 1.14. The summed E-state index contributed by atoms with van der Waals surface area (Å²) >= 11 is 23.3. The van der Waals surface area contributed by atoms with Crippen LogP contribution in [0.25, 0.3) is 0 Å². The van der Waals surface area contributed by atoms with E-state index in [4.69, 9.17) is 34.8 Å². The Hall–Kier alpha value is 0.270. The lowest BCUT2D eigenvalue weighted by Gasteiger charge is -2.08. The van der Waals surface area contributed by atoms with Crippen molar-refractivity contribution in [2.75, 3.05) is 0 Å². The van der Waals surface area contributed by atoms with Gasteiger partial charge in [-0.2, -0.15) is 0 Å². The average molecular weight is 371 g/mol. The van der Waals surface area contributed by atoms with E-state index in [1.54, 1.807) is 17.4 Å². The molecule has 0 aliphatic rings. The van der Waals surface area contributed by atoms with Crippen LogP contribution < -0.4 is 0 Å². The topological polar surface area (TPSA) is 0 Å². The van der Waals surface area contributed by atoms with Gasteiger partial charge in [-0.3, -0.25) is 0 Å². The van der Waals surface area contributed by atoms with Crippen molar-refractivity contribution in [2.45, 2.75) is 11.8 Å². The Kier molecular flexibility index (Phi) is 4.79. The molecule has 1 aromatic carbocycles. The van der Waals surface area contributed by atoms with E-state index < -0.39 is 0 Å². The first kappa shape index (κ1) is 13.7. The average Bonchev–Trinajstić information content (AvgIpc) is 2.70. The number of hydrogen-bond acceptors (Lipinski definition) is 1. The predicted molar refractivity (Wildman–Crippen MR) is 80.8 cm³/mol. The normalized spacial score (nSPS) is 12.7. The van der Waals surface area contributed by atoms with Crippen LogP contribution in [0.2, 0.25) is 10.0 Å². The molecule has 0 spiro atoms. The highest BCUT2D eigenvalue weighted by molar-refractivity contribution is 9.11. The fourth-order valence-electron chi connectivity index (χ4n) is 1.47. The minimum absolute atomic E-state index is 0.0384. The second-order valence-electron chi connectivity index (χ2n) is 3.56. The first-order valence-corrected chi connectivity index (χ1v) is 7.69. The maximum atomic E-state index is 6.36. The van der Waals surface area contributed by atoms with E-state index in [2.05, 4.69) is 15.9 Å². The molecule has 1 unspecified atom stereocenters. The molecule has 0 saturated carbocycles. The summed E-state index contributed by atoms with van der Waals surface area (Å²) in [5.74, 6) is 0. The molecule has 0 aliphatic carbocycles.